The van der Waals surface area contributed by atoms with Crippen molar-refractivity contribution in [3.8, 4) is 0 Å². The van der Waals surface area contributed by atoms with Gasteiger partial charge in [0.25, 0.3) is 0 Å². The summed E-state index contributed by atoms with van der Waals surface area (Å²) in [4.78, 5) is 26.5. The molecule has 1 unspecified atom stereocenters. The summed E-state index contributed by atoms with van der Waals surface area (Å²) in [6.45, 7) is 0.00221. The lowest BCUT2D eigenvalue weighted by atomic mass is 10.0. The number of carbonyl (C=O) groups is 2. The molecule has 2 aromatic rings. The maximum Gasteiger partial charge on any atom is 0.407 e. The van der Waals surface area contributed by atoms with E-state index in [1.807, 2.05) is 48.5 Å². The molecule has 0 saturated heterocycles. The van der Waals surface area contributed by atoms with Gasteiger partial charge in [-0.05, 0) is 17.7 Å². The summed E-state index contributed by atoms with van der Waals surface area (Å²) in [5, 5.41) is 13.4. The fourth-order valence-electron chi connectivity index (χ4n) is 2.15. The minimum absolute atomic E-state index is 0.0385. The minimum Gasteiger partial charge on any atom is -0.465 e. The molecule has 7 heteroatoms. The van der Waals surface area contributed by atoms with E-state index in [-0.39, 0.29) is 19.2 Å². The summed E-state index contributed by atoms with van der Waals surface area (Å²) in [5.74, 6) is 0. The van der Waals surface area contributed by atoms with Gasteiger partial charge in [-0.15, -0.1) is 0 Å². The predicted molar refractivity (Wildman–Crippen MR) is 87.6 cm³/mol. The van der Waals surface area contributed by atoms with Crippen molar-refractivity contribution >= 4 is 12.2 Å². The molecule has 1 heterocycles. The maximum absolute atomic E-state index is 11.9. The Kier molecular flexibility index (Phi) is 6.58. The molecule has 0 aliphatic rings. The lowest BCUT2D eigenvalue weighted by molar-refractivity contribution is 0.140. The fraction of sp³-hybridized carbons (Fsp3) is 0.235. The first-order valence-corrected chi connectivity index (χ1v) is 7.50. The lowest BCUT2D eigenvalue weighted by Gasteiger charge is -2.19. The van der Waals surface area contributed by atoms with Crippen molar-refractivity contribution in [2.75, 3.05) is 13.2 Å². The van der Waals surface area contributed by atoms with Crippen molar-refractivity contribution < 1.29 is 19.4 Å². The Balaban J connectivity index is 1.96. The number of pyridine rings is 1. The van der Waals surface area contributed by atoms with Gasteiger partial charge in [-0.25, -0.2) is 9.59 Å². The van der Waals surface area contributed by atoms with E-state index in [1.165, 1.54) is 0 Å². The zero-order chi connectivity index (χ0) is 17.2. The van der Waals surface area contributed by atoms with E-state index >= 15 is 0 Å². The molecule has 0 fully saturated rings. The summed E-state index contributed by atoms with van der Waals surface area (Å²) in [6.07, 6.45) is 0.462. The Labute approximate surface area is 139 Å². The number of hydrogen-bond donors (Lipinski definition) is 3. The molecule has 1 atom stereocenters. The molecular formula is C17H19N3O4. The van der Waals surface area contributed by atoms with Gasteiger partial charge in [-0.1, -0.05) is 36.4 Å². The zero-order valence-corrected chi connectivity index (χ0v) is 13.0. The van der Waals surface area contributed by atoms with Crippen LogP contribution in [0.5, 0.6) is 0 Å². The number of amides is 2. The molecular weight excluding hydrogens is 310 g/mol. The van der Waals surface area contributed by atoms with Gasteiger partial charge in [-0.3, -0.25) is 4.98 Å². The third kappa shape index (κ3) is 5.96. The third-order valence-electron chi connectivity index (χ3n) is 3.24. The Morgan fingerprint density at radius 1 is 1.12 bits per heavy atom. The van der Waals surface area contributed by atoms with Crippen molar-refractivity contribution in [2.45, 2.75) is 12.5 Å². The predicted octanol–water partition coefficient (Wildman–Crippen LogP) is 2.36. The number of carboxylic acid groups (broad SMARTS) is 1. The van der Waals surface area contributed by atoms with Crippen LogP contribution >= 0.6 is 0 Å². The summed E-state index contributed by atoms with van der Waals surface area (Å²) in [5.41, 5.74) is 1.78. The largest absolute Gasteiger partial charge is 0.465 e. The van der Waals surface area contributed by atoms with Gasteiger partial charge >= 0.3 is 12.2 Å². The van der Waals surface area contributed by atoms with Crippen molar-refractivity contribution in [3.05, 3.63) is 66.0 Å². The van der Waals surface area contributed by atoms with E-state index in [9.17, 15) is 9.59 Å². The molecule has 1 aromatic heterocycles. The highest BCUT2D eigenvalue weighted by molar-refractivity contribution is 5.68. The van der Waals surface area contributed by atoms with Crippen molar-refractivity contribution in [1.29, 1.82) is 0 Å². The number of aromatic nitrogens is 1. The highest BCUT2D eigenvalue weighted by atomic mass is 16.5. The molecule has 1 aromatic carbocycles. The first-order valence-electron chi connectivity index (χ1n) is 7.50. The standard InChI is InChI=1S/C17H19N3O4/c21-16(22)19-10-11-24-17(23)20-15(13-6-2-1-3-7-13)12-14-8-4-5-9-18-14/h1-9,15,19H,10-12H2,(H,20,23)(H,21,22). The van der Waals surface area contributed by atoms with Gasteiger partial charge in [0.15, 0.2) is 0 Å². The van der Waals surface area contributed by atoms with E-state index in [4.69, 9.17) is 9.84 Å². The molecule has 2 rings (SSSR count). The monoisotopic (exact) mass is 329 g/mol. The molecule has 3 N–H and O–H groups in total. The van der Waals surface area contributed by atoms with Crippen LogP contribution in [0.25, 0.3) is 0 Å². The molecule has 2 amide bonds. The van der Waals surface area contributed by atoms with Gasteiger partial charge in [0.1, 0.15) is 6.61 Å². The molecule has 0 bridgehead atoms. The lowest BCUT2D eigenvalue weighted by Crippen LogP contribution is -2.33. The fourth-order valence-corrected chi connectivity index (χ4v) is 2.15. The van der Waals surface area contributed by atoms with Crippen LogP contribution in [-0.4, -0.2) is 35.4 Å². The Morgan fingerprint density at radius 2 is 1.88 bits per heavy atom. The van der Waals surface area contributed by atoms with Crippen LogP contribution < -0.4 is 10.6 Å². The number of rotatable bonds is 7. The van der Waals surface area contributed by atoms with Gasteiger partial charge in [0, 0.05) is 18.3 Å². The van der Waals surface area contributed by atoms with Crippen LogP contribution in [0, 0.1) is 0 Å². The van der Waals surface area contributed by atoms with Crippen LogP contribution in [0.2, 0.25) is 0 Å². The third-order valence-corrected chi connectivity index (χ3v) is 3.24. The Bertz CT molecular complexity index is 649. The van der Waals surface area contributed by atoms with Crippen LogP contribution in [0.15, 0.2) is 54.7 Å². The molecule has 0 spiro atoms. The number of nitrogens with one attached hydrogen (secondary N) is 2. The number of alkyl carbamates (subject to hydrolysis) is 1. The molecule has 7 nitrogen and oxygen atoms in total. The van der Waals surface area contributed by atoms with Gasteiger partial charge in [-0.2, -0.15) is 0 Å². The Morgan fingerprint density at radius 3 is 2.54 bits per heavy atom. The van der Waals surface area contributed by atoms with Crippen LogP contribution in [0.1, 0.15) is 17.3 Å². The average Bonchev–Trinajstić information content (AvgIpc) is 2.60. The topological polar surface area (TPSA) is 101 Å². The molecule has 0 radical (unpaired) electrons. The summed E-state index contributed by atoms with van der Waals surface area (Å²) < 4.78 is 4.99. The second-order valence-electron chi connectivity index (χ2n) is 5.00. The number of nitrogens with zero attached hydrogens (tertiary/aromatic N) is 1. The number of ether oxygens (including phenoxy) is 1. The van der Waals surface area contributed by atoms with Crippen molar-refractivity contribution in [3.63, 3.8) is 0 Å². The SMILES string of the molecule is O=C(O)NCCOC(=O)NC(Cc1ccccn1)c1ccccc1. The molecule has 0 aliphatic carbocycles. The second kappa shape index (κ2) is 9.14. The quantitative estimate of drug-likeness (QED) is 0.677. The maximum atomic E-state index is 11.9. The Hall–Kier alpha value is -3.09. The zero-order valence-electron chi connectivity index (χ0n) is 13.0. The number of carbonyl (C=O) groups excluding carboxylic acids is 1. The van der Waals surface area contributed by atoms with E-state index in [1.54, 1.807) is 6.20 Å². The van der Waals surface area contributed by atoms with Gasteiger partial charge < -0.3 is 20.5 Å². The smallest absolute Gasteiger partial charge is 0.407 e. The molecule has 126 valence electrons. The van der Waals surface area contributed by atoms with E-state index in [0.29, 0.717) is 6.42 Å². The molecule has 24 heavy (non-hydrogen) atoms. The van der Waals surface area contributed by atoms with E-state index in [2.05, 4.69) is 15.6 Å². The molecule has 0 saturated carbocycles. The van der Waals surface area contributed by atoms with Crippen LogP contribution in [-0.2, 0) is 11.2 Å². The summed E-state index contributed by atoms with van der Waals surface area (Å²) >= 11 is 0. The van der Waals surface area contributed by atoms with Crippen LogP contribution in [0.3, 0.4) is 0 Å². The van der Waals surface area contributed by atoms with Crippen molar-refractivity contribution in [2.24, 2.45) is 0 Å². The number of hydrogen-bond acceptors (Lipinski definition) is 4. The second-order valence-corrected chi connectivity index (χ2v) is 5.00. The number of benzene rings is 1. The van der Waals surface area contributed by atoms with Gasteiger partial charge in [0.05, 0.1) is 12.6 Å². The van der Waals surface area contributed by atoms with Crippen LogP contribution in [0.4, 0.5) is 9.59 Å². The highest BCUT2D eigenvalue weighted by Gasteiger charge is 2.16. The van der Waals surface area contributed by atoms with E-state index in [0.717, 1.165) is 11.3 Å². The minimum atomic E-state index is -1.16. The first kappa shape index (κ1) is 17.3. The summed E-state index contributed by atoms with van der Waals surface area (Å²) in [6, 6.07) is 14.8. The average molecular weight is 329 g/mol. The van der Waals surface area contributed by atoms with Crippen molar-refractivity contribution in [1.82, 2.24) is 15.6 Å². The normalized spacial score (nSPS) is 11.3. The first-order chi connectivity index (χ1) is 11.6. The van der Waals surface area contributed by atoms with Gasteiger partial charge in [0.2, 0.25) is 0 Å². The summed E-state index contributed by atoms with van der Waals surface area (Å²) in [7, 11) is 0. The highest BCUT2D eigenvalue weighted by Crippen LogP contribution is 2.17. The van der Waals surface area contributed by atoms with E-state index < -0.39 is 12.2 Å². The molecule has 0 aliphatic heterocycles.